The largest absolute Gasteiger partial charge is 0.481 e. The van der Waals surface area contributed by atoms with Crippen LogP contribution in [0.2, 0.25) is 0 Å². The van der Waals surface area contributed by atoms with Crippen LogP contribution in [0.5, 0.6) is 0 Å². The van der Waals surface area contributed by atoms with Crippen molar-refractivity contribution in [1.82, 2.24) is 5.32 Å². The van der Waals surface area contributed by atoms with Gasteiger partial charge in [-0.2, -0.15) is 0 Å². The van der Waals surface area contributed by atoms with Gasteiger partial charge in [0, 0.05) is 6.54 Å². The molecule has 12 heavy (non-hydrogen) atoms. The molecule has 3 N–H and O–H groups in total. The highest BCUT2D eigenvalue weighted by Crippen LogP contribution is 2.28. The normalized spacial score (nSPS) is 34.9. The van der Waals surface area contributed by atoms with Crippen molar-refractivity contribution >= 4 is 11.9 Å². The van der Waals surface area contributed by atoms with E-state index in [1.165, 1.54) is 0 Å². The van der Waals surface area contributed by atoms with Gasteiger partial charge in [-0.15, -0.1) is 0 Å². The van der Waals surface area contributed by atoms with E-state index in [4.69, 9.17) is 10.2 Å². The summed E-state index contributed by atoms with van der Waals surface area (Å²) in [6.07, 6.45) is 0.150. The molecule has 1 heterocycles. The lowest BCUT2D eigenvalue weighted by atomic mass is 9.88. The Morgan fingerprint density at radius 2 is 2.08 bits per heavy atom. The number of carbonyl (C=O) groups is 2. The Kier molecular flexibility index (Phi) is 2.06. The maximum Gasteiger partial charge on any atom is 0.320 e. The summed E-state index contributed by atoms with van der Waals surface area (Å²) in [5.74, 6) is -1.93. The maximum atomic E-state index is 10.7. The van der Waals surface area contributed by atoms with Gasteiger partial charge < -0.3 is 15.5 Å². The molecule has 0 bridgehead atoms. The molecule has 1 rings (SSSR count). The number of aliphatic carboxylic acids is 2. The second-order valence-electron chi connectivity index (χ2n) is 3.34. The Labute approximate surface area is 69.4 Å². The van der Waals surface area contributed by atoms with E-state index in [0.29, 0.717) is 0 Å². The topological polar surface area (TPSA) is 86.6 Å². The number of rotatable bonds is 2. The first-order valence-electron chi connectivity index (χ1n) is 3.65. The van der Waals surface area contributed by atoms with E-state index in [9.17, 15) is 9.59 Å². The zero-order valence-corrected chi connectivity index (χ0v) is 6.70. The van der Waals surface area contributed by atoms with Crippen LogP contribution < -0.4 is 5.32 Å². The number of carboxylic acids is 2. The first-order valence-corrected chi connectivity index (χ1v) is 3.65. The predicted molar refractivity (Wildman–Crippen MR) is 39.8 cm³/mol. The fraction of sp³-hybridized carbons (Fsp3) is 0.714. The number of hydrogen-bond donors (Lipinski definition) is 3. The zero-order chi connectivity index (χ0) is 9.35. The molecule has 0 aromatic rings. The van der Waals surface area contributed by atoms with Gasteiger partial charge in [-0.1, -0.05) is 0 Å². The Balaban J connectivity index is 2.67. The molecule has 0 saturated carbocycles. The zero-order valence-electron chi connectivity index (χ0n) is 6.70. The molecule has 0 spiro atoms. The minimum atomic E-state index is -0.986. The summed E-state index contributed by atoms with van der Waals surface area (Å²) in [5, 5.41) is 20.0. The first-order chi connectivity index (χ1) is 5.46. The Bertz CT molecular complexity index is 227. The van der Waals surface area contributed by atoms with E-state index in [1.807, 2.05) is 0 Å². The fourth-order valence-electron chi connectivity index (χ4n) is 1.28. The van der Waals surface area contributed by atoms with Gasteiger partial charge in [0.1, 0.15) is 6.04 Å². The highest BCUT2D eigenvalue weighted by atomic mass is 16.4. The lowest BCUT2D eigenvalue weighted by molar-refractivity contribution is -0.147. The summed E-state index contributed by atoms with van der Waals surface area (Å²) in [6, 6.07) is -0.717. The fourth-order valence-corrected chi connectivity index (χ4v) is 1.28. The summed E-state index contributed by atoms with van der Waals surface area (Å²) in [7, 11) is 0. The number of nitrogens with one attached hydrogen (secondary N) is 1. The van der Waals surface area contributed by atoms with Crippen LogP contribution >= 0.6 is 0 Å². The van der Waals surface area contributed by atoms with Gasteiger partial charge in [-0.05, 0) is 13.3 Å². The average Bonchev–Trinajstić information content (AvgIpc) is 2.33. The van der Waals surface area contributed by atoms with E-state index >= 15 is 0 Å². The molecule has 1 aliphatic rings. The van der Waals surface area contributed by atoms with Gasteiger partial charge in [0.15, 0.2) is 0 Å². The van der Waals surface area contributed by atoms with Crippen molar-refractivity contribution < 1.29 is 19.8 Å². The molecule has 0 unspecified atom stereocenters. The molecule has 1 fully saturated rings. The monoisotopic (exact) mass is 173 g/mol. The highest BCUT2D eigenvalue weighted by molar-refractivity contribution is 5.80. The molecule has 5 heteroatoms. The van der Waals surface area contributed by atoms with Crippen LogP contribution in [0.4, 0.5) is 0 Å². The Morgan fingerprint density at radius 3 is 2.33 bits per heavy atom. The van der Waals surface area contributed by atoms with Crippen LogP contribution in [-0.2, 0) is 9.59 Å². The van der Waals surface area contributed by atoms with E-state index in [-0.39, 0.29) is 13.0 Å². The van der Waals surface area contributed by atoms with Crippen LogP contribution in [0.15, 0.2) is 0 Å². The second-order valence-corrected chi connectivity index (χ2v) is 3.34. The summed E-state index contributed by atoms with van der Waals surface area (Å²) >= 11 is 0. The van der Waals surface area contributed by atoms with Crippen molar-refractivity contribution in [1.29, 1.82) is 0 Å². The summed E-state index contributed by atoms with van der Waals surface area (Å²) in [4.78, 5) is 21.1. The smallest absolute Gasteiger partial charge is 0.320 e. The van der Waals surface area contributed by atoms with Crippen LogP contribution in [-0.4, -0.2) is 34.7 Å². The first kappa shape index (κ1) is 8.99. The SMILES string of the molecule is C[C@]1(C(=O)O)CN[C@H](C(=O)O)C1. The highest BCUT2D eigenvalue weighted by Gasteiger charge is 2.43. The third kappa shape index (κ3) is 1.40. The third-order valence-electron chi connectivity index (χ3n) is 2.21. The molecule has 1 aliphatic heterocycles. The molecule has 0 aliphatic carbocycles. The molecule has 2 atom stereocenters. The molecule has 0 aromatic heterocycles. The Morgan fingerprint density at radius 1 is 1.50 bits per heavy atom. The van der Waals surface area contributed by atoms with Crippen molar-refractivity contribution in [3.8, 4) is 0 Å². The predicted octanol–water partition coefficient (Wildman–Crippen LogP) is -0.476. The molecular weight excluding hydrogens is 162 g/mol. The van der Waals surface area contributed by atoms with Gasteiger partial charge in [0.2, 0.25) is 0 Å². The van der Waals surface area contributed by atoms with E-state index < -0.39 is 23.4 Å². The molecule has 68 valence electrons. The van der Waals surface area contributed by atoms with Gasteiger partial charge in [-0.25, -0.2) is 0 Å². The Hall–Kier alpha value is -1.10. The van der Waals surface area contributed by atoms with Crippen LogP contribution in [0.3, 0.4) is 0 Å². The lowest BCUT2D eigenvalue weighted by Crippen LogP contribution is -2.30. The molecule has 1 saturated heterocycles. The molecular formula is C7H11NO4. The van der Waals surface area contributed by atoms with Gasteiger partial charge in [0.25, 0.3) is 0 Å². The average molecular weight is 173 g/mol. The van der Waals surface area contributed by atoms with Crippen molar-refractivity contribution in [2.24, 2.45) is 5.41 Å². The minimum absolute atomic E-state index is 0.150. The van der Waals surface area contributed by atoms with Crippen LogP contribution in [0.1, 0.15) is 13.3 Å². The molecule has 5 nitrogen and oxygen atoms in total. The number of hydrogen-bond acceptors (Lipinski definition) is 3. The van der Waals surface area contributed by atoms with Crippen LogP contribution in [0.25, 0.3) is 0 Å². The summed E-state index contributed by atoms with van der Waals surface area (Å²) in [6.45, 7) is 1.77. The minimum Gasteiger partial charge on any atom is -0.481 e. The van der Waals surface area contributed by atoms with E-state index in [0.717, 1.165) is 0 Å². The standard InChI is InChI=1S/C7H11NO4/c1-7(6(11)12)2-4(5(9)10)8-3-7/h4,8H,2-3H2,1H3,(H,9,10)(H,11,12)/t4-,7+/m0/s1. The van der Waals surface area contributed by atoms with Crippen molar-refractivity contribution in [3.63, 3.8) is 0 Å². The van der Waals surface area contributed by atoms with E-state index in [1.54, 1.807) is 6.92 Å². The third-order valence-corrected chi connectivity index (χ3v) is 2.21. The number of carboxylic acid groups (broad SMARTS) is 2. The van der Waals surface area contributed by atoms with Crippen molar-refractivity contribution in [2.45, 2.75) is 19.4 Å². The quantitative estimate of drug-likeness (QED) is 0.525. The second kappa shape index (κ2) is 2.75. The molecule has 0 amide bonds. The summed E-state index contributed by atoms with van der Waals surface area (Å²) in [5.41, 5.74) is -0.928. The molecule has 0 radical (unpaired) electrons. The van der Waals surface area contributed by atoms with Gasteiger partial charge in [0.05, 0.1) is 5.41 Å². The van der Waals surface area contributed by atoms with Crippen molar-refractivity contribution in [2.75, 3.05) is 6.54 Å². The maximum absolute atomic E-state index is 10.7. The van der Waals surface area contributed by atoms with E-state index in [2.05, 4.69) is 5.32 Å². The lowest BCUT2D eigenvalue weighted by Gasteiger charge is -2.15. The summed E-state index contributed by atoms with van der Waals surface area (Å²) < 4.78 is 0. The molecule has 0 aromatic carbocycles. The van der Waals surface area contributed by atoms with Gasteiger partial charge in [-0.3, -0.25) is 9.59 Å². The van der Waals surface area contributed by atoms with Crippen molar-refractivity contribution in [3.05, 3.63) is 0 Å². The van der Waals surface area contributed by atoms with Gasteiger partial charge >= 0.3 is 11.9 Å². The van der Waals surface area contributed by atoms with Crippen LogP contribution in [0, 0.1) is 5.41 Å².